The third kappa shape index (κ3) is 4.59. The van der Waals surface area contributed by atoms with E-state index in [1.54, 1.807) is 12.1 Å². The number of aryl methyl sites for hydroxylation is 1. The standard InChI is InChI=1S/C23H28F3N5OS/c1-15-12-19(32-29-15)20-27-28-21(30(20)2)33-11-3-9-31-10-8-22(14-31)13-18(22)16-4-6-17(7-5-16)23(24,25)26/h4-7,12,18,21,28H,3,8-11,13-14H2,1-2H3. The Morgan fingerprint density at radius 1 is 1.27 bits per heavy atom. The maximum absolute atomic E-state index is 12.8. The zero-order valence-electron chi connectivity index (χ0n) is 18.7. The number of aromatic nitrogens is 1. The summed E-state index contributed by atoms with van der Waals surface area (Å²) in [7, 11) is 1.99. The van der Waals surface area contributed by atoms with Crippen molar-refractivity contribution in [3.05, 3.63) is 52.9 Å². The van der Waals surface area contributed by atoms with Gasteiger partial charge in [-0.3, -0.25) is 5.43 Å². The molecule has 1 aliphatic carbocycles. The van der Waals surface area contributed by atoms with Gasteiger partial charge < -0.3 is 14.3 Å². The summed E-state index contributed by atoms with van der Waals surface area (Å²) in [5.74, 6) is 2.83. The van der Waals surface area contributed by atoms with Gasteiger partial charge in [-0.05, 0) is 74.1 Å². The Morgan fingerprint density at radius 3 is 2.76 bits per heavy atom. The van der Waals surface area contributed by atoms with Crippen molar-refractivity contribution in [3.63, 3.8) is 0 Å². The normalized spacial score (nSPS) is 27.3. The molecule has 2 aliphatic heterocycles. The predicted molar refractivity (Wildman–Crippen MR) is 122 cm³/mol. The number of nitrogens with one attached hydrogen (secondary N) is 1. The Hall–Kier alpha value is -2.20. The third-order valence-corrected chi connectivity index (χ3v) is 8.27. The van der Waals surface area contributed by atoms with Crippen molar-refractivity contribution >= 4 is 17.6 Å². The molecule has 5 rings (SSSR count). The van der Waals surface area contributed by atoms with Crippen LogP contribution in [0, 0.1) is 12.3 Å². The van der Waals surface area contributed by atoms with Crippen molar-refractivity contribution in [1.29, 1.82) is 0 Å². The largest absolute Gasteiger partial charge is 0.416 e. The summed E-state index contributed by atoms with van der Waals surface area (Å²) in [6.07, 6.45) is -0.976. The Balaban J connectivity index is 1.04. The summed E-state index contributed by atoms with van der Waals surface area (Å²) in [6.45, 7) is 5.04. The molecule has 3 heterocycles. The number of hydrogen-bond donors (Lipinski definition) is 1. The van der Waals surface area contributed by atoms with Gasteiger partial charge in [-0.15, -0.1) is 11.8 Å². The average molecular weight is 480 g/mol. The van der Waals surface area contributed by atoms with Crippen LogP contribution >= 0.6 is 11.8 Å². The van der Waals surface area contributed by atoms with Gasteiger partial charge in [0.15, 0.2) is 11.3 Å². The number of nitrogens with zero attached hydrogens (tertiary/aromatic N) is 4. The first kappa shape index (κ1) is 22.6. The van der Waals surface area contributed by atoms with Crippen LogP contribution in [0.15, 0.2) is 40.0 Å². The second-order valence-corrected chi connectivity index (χ2v) is 10.5. The van der Waals surface area contributed by atoms with E-state index < -0.39 is 11.7 Å². The Kier molecular flexibility index (Phi) is 5.84. The highest BCUT2D eigenvalue weighted by atomic mass is 32.2. The lowest BCUT2D eigenvalue weighted by atomic mass is 9.97. The minimum atomic E-state index is -4.27. The maximum Gasteiger partial charge on any atom is 0.416 e. The zero-order valence-corrected chi connectivity index (χ0v) is 19.5. The van der Waals surface area contributed by atoms with E-state index in [4.69, 9.17) is 4.52 Å². The zero-order chi connectivity index (χ0) is 23.2. The molecule has 2 fully saturated rings. The van der Waals surface area contributed by atoms with Gasteiger partial charge in [-0.2, -0.15) is 18.3 Å². The van der Waals surface area contributed by atoms with Crippen molar-refractivity contribution < 1.29 is 17.7 Å². The quantitative estimate of drug-likeness (QED) is 0.591. The molecule has 33 heavy (non-hydrogen) atoms. The van der Waals surface area contributed by atoms with Crippen molar-refractivity contribution in [1.82, 2.24) is 20.4 Å². The van der Waals surface area contributed by atoms with Crippen molar-refractivity contribution in [2.75, 3.05) is 32.4 Å². The molecule has 10 heteroatoms. The van der Waals surface area contributed by atoms with Crippen LogP contribution in [-0.4, -0.2) is 58.7 Å². The van der Waals surface area contributed by atoms with Crippen LogP contribution < -0.4 is 5.43 Å². The van der Waals surface area contributed by atoms with Gasteiger partial charge in [0.2, 0.25) is 5.76 Å². The second-order valence-electron chi connectivity index (χ2n) is 9.35. The van der Waals surface area contributed by atoms with E-state index in [1.807, 2.05) is 31.8 Å². The summed E-state index contributed by atoms with van der Waals surface area (Å²) in [5.41, 5.74) is 4.80. The summed E-state index contributed by atoms with van der Waals surface area (Å²) >= 11 is 1.82. The lowest BCUT2D eigenvalue weighted by Crippen LogP contribution is -2.35. The van der Waals surface area contributed by atoms with E-state index in [0.717, 1.165) is 61.7 Å². The number of halogens is 3. The number of rotatable bonds is 7. The molecule has 3 unspecified atom stereocenters. The molecule has 2 aromatic rings. The topological polar surface area (TPSA) is 56.9 Å². The molecule has 0 radical (unpaired) electrons. The molecule has 1 aromatic carbocycles. The highest BCUT2D eigenvalue weighted by molar-refractivity contribution is 7.99. The number of hydrogen-bond acceptors (Lipinski definition) is 7. The Labute approximate surface area is 195 Å². The molecular formula is C23H28F3N5OS. The fraction of sp³-hybridized carbons (Fsp3) is 0.565. The molecule has 0 amide bonds. The fourth-order valence-corrected chi connectivity index (χ4v) is 6.04. The van der Waals surface area contributed by atoms with Crippen LogP contribution in [0.25, 0.3) is 0 Å². The van der Waals surface area contributed by atoms with Crippen molar-refractivity contribution in [2.24, 2.45) is 10.5 Å². The molecule has 3 aliphatic rings. The minimum absolute atomic E-state index is 0.0720. The fourth-order valence-electron chi connectivity index (χ4n) is 5.07. The number of thioether (sulfide) groups is 1. The molecule has 1 aromatic heterocycles. The molecule has 178 valence electrons. The first-order valence-corrected chi connectivity index (χ1v) is 12.3. The van der Waals surface area contributed by atoms with E-state index in [0.29, 0.717) is 11.7 Å². The van der Waals surface area contributed by atoms with E-state index in [9.17, 15) is 13.2 Å². The van der Waals surface area contributed by atoms with E-state index in [1.165, 1.54) is 12.1 Å². The van der Waals surface area contributed by atoms with Crippen LogP contribution in [0.5, 0.6) is 0 Å². The summed E-state index contributed by atoms with van der Waals surface area (Å²) in [5, 5.41) is 8.31. The number of likely N-dealkylation sites (tertiary alicyclic amines) is 1. The molecule has 3 atom stereocenters. The van der Waals surface area contributed by atoms with Crippen LogP contribution in [0.4, 0.5) is 13.2 Å². The first-order chi connectivity index (χ1) is 15.7. The van der Waals surface area contributed by atoms with Crippen LogP contribution in [0.2, 0.25) is 0 Å². The monoisotopic (exact) mass is 479 g/mol. The molecule has 1 N–H and O–H groups in total. The van der Waals surface area contributed by atoms with Crippen LogP contribution in [-0.2, 0) is 6.18 Å². The van der Waals surface area contributed by atoms with Gasteiger partial charge in [0.05, 0.1) is 11.3 Å². The van der Waals surface area contributed by atoms with E-state index in [2.05, 4.69) is 25.5 Å². The van der Waals surface area contributed by atoms with Gasteiger partial charge in [0.25, 0.3) is 0 Å². The van der Waals surface area contributed by atoms with Gasteiger partial charge in [-0.25, -0.2) is 0 Å². The lowest BCUT2D eigenvalue weighted by molar-refractivity contribution is -0.137. The summed E-state index contributed by atoms with van der Waals surface area (Å²) in [4.78, 5) is 4.57. The van der Waals surface area contributed by atoms with Gasteiger partial charge in [-0.1, -0.05) is 17.3 Å². The molecule has 1 saturated heterocycles. The van der Waals surface area contributed by atoms with Crippen LogP contribution in [0.1, 0.15) is 47.8 Å². The van der Waals surface area contributed by atoms with Crippen LogP contribution in [0.3, 0.4) is 0 Å². The third-order valence-electron chi connectivity index (χ3n) is 7.00. The average Bonchev–Trinajstić information content (AvgIpc) is 3.06. The molecule has 0 bridgehead atoms. The Morgan fingerprint density at radius 2 is 2.06 bits per heavy atom. The van der Waals surface area contributed by atoms with E-state index >= 15 is 0 Å². The minimum Gasteiger partial charge on any atom is -0.353 e. The highest BCUT2D eigenvalue weighted by Gasteiger charge is 2.57. The van der Waals surface area contributed by atoms with Crippen molar-refractivity contribution in [2.45, 2.75) is 43.8 Å². The first-order valence-electron chi connectivity index (χ1n) is 11.3. The second kappa shape index (κ2) is 8.54. The SMILES string of the molecule is Cc1cc(C2=NNC(SCCCN3CCC4(CC4c4ccc(C(F)(F)F)cc4)C3)N2C)on1. The van der Waals surface area contributed by atoms with Gasteiger partial charge >= 0.3 is 6.18 Å². The predicted octanol–water partition coefficient (Wildman–Crippen LogP) is 4.48. The number of amidine groups is 1. The Bertz CT molecular complexity index is 1020. The smallest absolute Gasteiger partial charge is 0.353 e. The maximum atomic E-state index is 12.8. The summed E-state index contributed by atoms with van der Waals surface area (Å²) in [6, 6.07) is 7.66. The van der Waals surface area contributed by atoms with Gasteiger partial charge in [0, 0.05) is 19.7 Å². The number of hydrazone groups is 1. The highest BCUT2D eigenvalue weighted by Crippen LogP contribution is 2.64. The lowest BCUT2D eigenvalue weighted by Gasteiger charge is -2.21. The molecule has 1 saturated carbocycles. The van der Waals surface area contributed by atoms with E-state index in [-0.39, 0.29) is 10.9 Å². The molecule has 6 nitrogen and oxygen atoms in total. The number of alkyl halides is 3. The number of benzene rings is 1. The summed E-state index contributed by atoms with van der Waals surface area (Å²) < 4.78 is 43.8. The van der Waals surface area contributed by atoms with Gasteiger partial charge in [0.1, 0.15) is 0 Å². The molecular weight excluding hydrogens is 451 g/mol. The van der Waals surface area contributed by atoms with Crippen molar-refractivity contribution in [3.8, 4) is 0 Å². The molecule has 1 spiro atoms.